The first kappa shape index (κ1) is 16.1. The lowest BCUT2D eigenvalue weighted by Crippen LogP contribution is -2.51. The van der Waals surface area contributed by atoms with E-state index in [1.807, 2.05) is 6.26 Å². The molecule has 6 nitrogen and oxygen atoms in total. The van der Waals surface area contributed by atoms with Crippen molar-refractivity contribution in [2.24, 2.45) is 0 Å². The highest BCUT2D eigenvalue weighted by atomic mass is 32.2. The molecule has 19 heavy (non-hydrogen) atoms. The van der Waals surface area contributed by atoms with Crippen LogP contribution in [0.2, 0.25) is 0 Å². The van der Waals surface area contributed by atoms with Gasteiger partial charge in [-0.2, -0.15) is 11.8 Å². The molecule has 0 radical (unpaired) electrons. The van der Waals surface area contributed by atoms with Crippen LogP contribution < -0.4 is 5.32 Å². The van der Waals surface area contributed by atoms with Gasteiger partial charge >= 0.3 is 12.0 Å². The van der Waals surface area contributed by atoms with Crippen molar-refractivity contribution >= 4 is 23.8 Å². The summed E-state index contributed by atoms with van der Waals surface area (Å²) in [7, 11) is 1.71. The summed E-state index contributed by atoms with van der Waals surface area (Å²) in [4.78, 5) is 24.7. The predicted molar refractivity (Wildman–Crippen MR) is 74.6 cm³/mol. The van der Waals surface area contributed by atoms with Gasteiger partial charge in [0.05, 0.1) is 0 Å². The van der Waals surface area contributed by atoms with Crippen LogP contribution in [0.15, 0.2) is 0 Å². The van der Waals surface area contributed by atoms with Crippen molar-refractivity contribution in [2.75, 3.05) is 32.3 Å². The molecule has 0 aromatic carbocycles. The highest BCUT2D eigenvalue weighted by molar-refractivity contribution is 7.98. The average molecular weight is 290 g/mol. The first-order chi connectivity index (χ1) is 9.06. The zero-order chi connectivity index (χ0) is 14.3. The van der Waals surface area contributed by atoms with E-state index in [1.54, 1.807) is 23.7 Å². The van der Waals surface area contributed by atoms with Crippen LogP contribution in [-0.4, -0.2) is 66.4 Å². The fraction of sp³-hybridized carbons (Fsp3) is 0.833. The van der Waals surface area contributed by atoms with Crippen molar-refractivity contribution < 1.29 is 19.4 Å². The van der Waals surface area contributed by atoms with Crippen LogP contribution in [0, 0.1) is 0 Å². The number of carbonyl (C=O) groups excluding carboxylic acids is 1. The Labute approximate surface area is 117 Å². The van der Waals surface area contributed by atoms with Crippen LogP contribution in [-0.2, 0) is 9.53 Å². The normalized spacial score (nSPS) is 17.8. The van der Waals surface area contributed by atoms with Gasteiger partial charge in [0.15, 0.2) is 0 Å². The summed E-state index contributed by atoms with van der Waals surface area (Å²) >= 11 is 1.57. The molecule has 0 saturated carbocycles. The molecule has 1 heterocycles. The molecule has 2 N–H and O–H groups in total. The molecule has 0 aliphatic carbocycles. The third kappa shape index (κ3) is 5.28. The fourth-order valence-electron chi connectivity index (χ4n) is 1.98. The van der Waals surface area contributed by atoms with E-state index in [4.69, 9.17) is 9.84 Å². The number of aliphatic carboxylic acids is 1. The Morgan fingerprint density at radius 2 is 2.11 bits per heavy atom. The van der Waals surface area contributed by atoms with Gasteiger partial charge in [-0.25, -0.2) is 9.59 Å². The highest BCUT2D eigenvalue weighted by Crippen LogP contribution is 2.13. The molecule has 1 aliphatic heterocycles. The summed E-state index contributed by atoms with van der Waals surface area (Å²) in [5.74, 6) is -0.277. The summed E-state index contributed by atoms with van der Waals surface area (Å²) < 4.78 is 5.25. The Morgan fingerprint density at radius 3 is 2.63 bits per heavy atom. The second-order valence-electron chi connectivity index (χ2n) is 4.58. The van der Waals surface area contributed by atoms with Crippen LogP contribution in [0.25, 0.3) is 0 Å². The minimum Gasteiger partial charge on any atom is -0.480 e. The fourth-order valence-corrected chi connectivity index (χ4v) is 2.45. The van der Waals surface area contributed by atoms with Crippen molar-refractivity contribution in [1.82, 2.24) is 10.2 Å². The number of thioether (sulfide) groups is 1. The maximum absolute atomic E-state index is 12.0. The molecule has 0 aromatic rings. The maximum Gasteiger partial charge on any atom is 0.326 e. The third-order valence-corrected chi connectivity index (χ3v) is 3.91. The van der Waals surface area contributed by atoms with Gasteiger partial charge in [-0.3, -0.25) is 0 Å². The quantitative estimate of drug-likeness (QED) is 0.763. The van der Waals surface area contributed by atoms with E-state index in [0.29, 0.717) is 25.4 Å². The van der Waals surface area contributed by atoms with Gasteiger partial charge in [0, 0.05) is 26.3 Å². The van der Waals surface area contributed by atoms with E-state index in [2.05, 4.69) is 5.32 Å². The first-order valence-electron chi connectivity index (χ1n) is 6.39. The third-order valence-electron chi connectivity index (χ3n) is 3.27. The molecule has 0 unspecified atom stereocenters. The lowest BCUT2D eigenvalue weighted by molar-refractivity contribution is -0.139. The lowest BCUT2D eigenvalue weighted by Gasteiger charge is -2.32. The Kier molecular flexibility index (Phi) is 7.01. The molecule has 1 atom stereocenters. The molecule has 1 fully saturated rings. The van der Waals surface area contributed by atoms with Gasteiger partial charge in [-0.1, -0.05) is 0 Å². The van der Waals surface area contributed by atoms with Crippen molar-refractivity contribution in [1.29, 1.82) is 0 Å². The number of hydrogen-bond acceptors (Lipinski definition) is 4. The largest absolute Gasteiger partial charge is 0.480 e. The minimum atomic E-state index is -0.984. The summed E-state index contributed by atoms with van der Waals surface area (Å²) in [5.41, 5.74) is 0. The molecule has 0 bridgehead atoms. The van der Waals surface area contributed by atoms with Gasteiger partial charge in [0.25, 0.3) is 0 Å². The number of amides is 2. The average Bonchev–Trinajstić information content (AvgIpc) is 2.43. The molecule has 0 aromatic heterocycles. The summed E-state index contributed by atoms with van der Waals surface area (Å²) in [6, 6.07) is -1.01. The SMILES string of the molecule is CSCC[C@@H](NC(=O)N(C)C1CCOCC1)C(=O)O. The van der Waals surface area contributed by atoms with Gasteiger partial charge in [-0.05, 0) is 31.3 Å². The van der Waals surface area contributed by atoms with Crippen LogP contribution in [0.1, 0.15) is 19.3 Å². The standard InChI is InChI=1S/C12H22N2O4S/c1-14(9-3-6-18-7-4-9)12(17)13-10(11(15)16)5-8-19-2/h9-10H,3-8H2,1-2H3,(H,13,17)(H,15,16)/t10-/m1/s1. The van der Waals surface area contributed by atoms with E-state index in [-0.39, 0.29) is 12.1 Å². The first-order valence-corrected chi connectivity index (χ1v) is 7.78. The molecule has 7 heteroatoms. The van der Waals surface area contributed by atoms with E-state index in [9.17, 15) is 9.59 Å². The molecule has 1 aliphatic rings. The molecule has 2 amide bonds. The van der Waals surface area contributed by atoms with Crippen LogP contribution in [0.5, 0.6) is 0 Å². The second kappa shape index (κ2) is 8.27. The Hall–Kier alpha value is -0.950. The Morgan fingerprint density at radius 1 is 1.47 bits per heavy atom. The van der Waals surface area contributed by atoms with Crippen molar-refractivity contribution in [3.8, 4) is 0 Å². The summed E-state index contributed by atoms with van der Waals surface area (Å²) in [6.07, 6.45) is 3.94. The smallest absolute Gasteiger partial charge is 0.326 e. The number of nitrogens with zero attached hydrogens (tertiary/aromatic N) is 1. The van der Waals surface area contributed by atoms with E-state index < -0.39 is 12.0 Å². The lowest BCUT2D eigenvalue weighted by atomic mass is 10.1. The molecule has 1 rings (SSSR count). The van der Waals surface area contributed by atoms with Gasteiger partial charge < -0.3 is 20.1 Å². The number of urea groups is 1. The van der Waals surface area contributed by atoms with Crippen molar-refractivity contribution in [2.45, 2.75) is 31.3 Å². The maximum atomic E-state index is 12.0. The molecular formula is C12H22N2O4S. The van der Waals surface area contributed by atoms with E-state index in [0.717, 1.165) is 12.8 Å². The summed E-state index contributed by atoms with van der Waals surface area (Å²) in [6.45, 7) is 1.30. The number of carboxylic acid groups (broad SMARTS) is 1. The monoisotopic (exact) mass is 290 g/mol. The predicted octanol–water partition coefficient (Wildman–Crippen LogP) is 1.01. The molecule has 110 valence electrons. The summed E-state index contributed by atoms with van der Waals surface area (Å²) in [5, 5.41) is 11.7. The van der Waals surface area contributed by atoms with E-state index in [1.165, 1.54) is 0 Å². The number of hydrogen-bond donors (Lipinski definition) is 2. The van der Waals surface area contributed by atoms with Gasteiger partial charge in [-0.15, -0.1) is 0 Å². The Balaban J connectivity index is 2.47. The molecule has 1 saturated heterocycles. The van der Waals surface area contributed by atoms with Gasteiger partial charge in [0.2, 0.25) is 0 Å². The van der Waals surface area contributed by atoms with Crippen LogP contribution in [0.4, 0.5) is 4.79 Å². The zero-order valence-electron chi connectivity index (χ0n) is 11.4. The Bertz CT molecular complexity index is 308. The number of nitrogens with one attached hydrogen (secondary N) is 1. The minimum absolute atomic E-state index is 0.128. The van der Waals surface area contributed by atoms with Crippen LogP contribution >= 0.6 is 11.8 Å². The van der Waals surface area contributed by atoms with Crippen molar-refractivity contribution in [3.63, 3.8) is 0 Å². The zero-order valence-corrected chi connectivity index (χ0v) is 12.2. The van der Waals surface area contributed by atoms with Crippen LogP contribution in [0.3, 0.4) is 0 Å². The van der Waals surface area contributed by atoms with E-state index >= 15 is 0 Å². The number of rotatable bonds is 6. The van der Waals surface area contributed by atoms with Gasteiger partial charge in [0.1, 0.15) is 6.04 Å². The number of carboxylic acids is 1. The van der Waals surface area contributed by atoms with Crippen molar-refractivity contribution in [3.05, 3.63) is 0 Å². The second-order valence-corrected chi connectivity index (χ2v) is 5.56. The number of ether oxygens (including phenoxy) is 1. The number of carbonyl (C=O) groups is 2. The topological polar surface area (TPSA) is 78.9 Å². The molecular weight excluding hydrogens is 268 g/mol. The highest BCUT2D eigenvalue weighted by Gasteiger charge is 2.26. The molecule has 0 spiro atoms.